The van der Waals surface area contributed by atoms with Crippen molar-refractivity contribution in [3.05, 3.63) is 12.2 Å². The number of hydrogen-bond donors (Lipinski definition) is 1. The van der Waals surface area contributed by atoms with Gasteiger partial charge in [-0.05, 0) is 37.7 Å². The van der Waals surface area contributed by atoms with Gasteiger partial charge < -0.3 is 5.11 Å². The number of hydrogen-bond acceptors (Lipinski definition) is 2. The molecule has 0 aromatic carbocycles. The minimum absolute atomic E-state index is 0.0333. The average molecular weight is 196 g/mol. The molecule has 0 aromatic rings. The lowest BCUT2D eigenvalue weighted by Crippen LogP contribution is -2.11. The summed E-state index contributed by atoms with van der Waals surface area (Å²) in [5, 5.41) is 8.68. The first kappa shape index (κ1) is 11.0. The molecule has 0 aliphatic heterocycles. The maximum absolute atomic E-state index is 10.7. The Morgan fingerprint density at radius 1 is 1.43 bits per heavy atom. The number of carbonyl (C=O) groups is 2. The fourth-order valence-corrected chi connectivity index (χ4v) is 2.06. The van der Waals surface area contributed by atoms with E-state index < -0.39 is 5.97 Å². The van der Waals surface area contributed by atoms with Crippen molar-refractivity contribution in [2.45, 2.75) is 32.6 Å². The Kier molecular flexibility index (Phi) is 3.86. The van der Waals surface area contributed by atoms with E-state index in [2.05, 4.69) is 0 Å². The molecule has 0 radical (unpaired) electrons. The van der Waals surface area contributed by atoms with Crippen LogP contribution in [-0.2, 0) is 9.59 Å². The standard InChI is InChI=1S/C11H16O3/c1-8(12)5-6-9-3-2-4-10(9)7-11(13)14/h5-6,9-10H,2-4,7H2,1H3,(H,13,14). The molecule has 1 fully saturated rings. The van der Waals surface area contributed by atoms with Crippen molar-refractivity contribution >= 4 is 11.8 Å². The third-order valence-corrected chi connectivity index (χ3v) is 2.73. The van der Waals surface area contributed by atoms with E-state index in [9.17, 15) is 9.59 Å². The molecule has 78 valence electrons. The highest BCUT2D eigenvalue weighted by molar-refractivity contribution is 5.87. The summed E-state index contributed by atoms with van der Waals surface area (Å²) >= 11 is 0. The molecule has 0 heterocycles. The maximum atomic E-state index is 10.7. The Morgan fingerprint density at radius 2 is 2.14 bits per heavy atom. The van der Waals surface area contributed by atoms with Gasteiger partial charge in [-0.15, -0.1) is 0 Å². The predicted molar refractivity (Wildman–Crippen MR) is 52.9 cm³/mol. The molecular weight excluding hydrogens is 180 g/mol. The lowest BCUT2D eigenvalue weighted by Gasteiger charge is -2.12. The molecule has 1 aliphatic rings. The van der Waals surface area contributed by atoms with Gasteiger partial charge in [0.15, 0.2) is 5.78 Å². The zero-order chi connectivity index (χ0) is 10.6. The van der Waals surface area contributed by atoms with Crippen molar-refractivity contribution in [1.29, 1.82) is 0 Å². The Labute approximate surface area is 83.8 Å². The first-order chi connectivity index (χ1) is 6.59. The Balaban J connectivity index is 2.50. The third-order valence-electron chi connectivity index (χ3n) is 2.73. The molecular formula is C11H16O3. The molecule has 0 saturated heterocycles. The topological polar surface area (TPSA) is 54.4 Å². The van der Waals surface area contributed by atoms with E-state index in [0.29, 0.717) is 0 Å². The molecule has 1 saturated carbocycles. The molecule has 0 aromatic heterocycles. The van der Waals surface area contributed by atoms with Gasteiger partial charge in [0.25, 0.3) is 0 Å². The SMILES string of the molecule is CC(=O)C=CC1CCCC1CC(=O)O. The van der Waals surface area contributed by atoms with Gasteiger partial charge in [0, 0.05) is 6.42 Å². The van der Waals surface area contributed by atoms with Crippen molar-refractivity contribution in [3.8, 4) is 0 Å². The second kappa shape index (κ2) is 4.94. The molecule has 3 heteroatoms. The summed E-state index contributed by atoms with van der Waals surface area (Å²) in [4.78, 5) is 21.3. The first-order valence-electron chi connectivity index (χ1n) is 5.00. The quantitative estimate of drug-likeness (QED) is 0.700. The highest BCUT2D eigenvalue weighted by Crippen LogP contribution is 2.34. The van der Waals surface area contributed by atoms with Gasteiger partial charge in [0.2, 0.25) is 0 Å². The van der Waals surface area contributed by atoms with Crippen LogP contribution in [0.15, 0.2) is 12.2 Å². The Hall–Kier alpha value is -1.12. The summed E-state index contributed by atoms with van der Waals surface area (Å²) in [6.07, 6.45) is 6.73. The Bertz CT molecular complexity index is 255. The predicted octanol–water partition coefficient (Wildman–Crippen LogP) is 2.02. The van der Waals surface area contributed by atoms with Gasteiger partial charge in [-0.1, -0.05) is 12.5 Å². The zero-order valence-electron chi connectivity index (χ0n) is 8.40. The smallest absolute Gasteiger partial charge is 0.303 e. The summed E-state index contributed by atoms with van der Waals surface area (Å²) in [6.45, 7) is 1.51. The fourth-order valence-electron chi connectivity index (χ4n) is 2.06. The van der Waals surface area contributed by atoms with E-state index in [1.165, 1.54) is 6.92 Å². The van der Waals surface area contributed by atoms with Crippen LogP contribution in [0.1, 0.15) is 32.6 Å². The Morgan fingerprint density at radius 3 is 2.71 bits per heavy atom. The van der Waals surface area contributed by atoms with Crippen LogP contribution in [0.25, 0.3) is 0 Å². The maximum Gasteiger partial charge on any atom is 0.303 e. The highest BCUT2D eigenvalue weighted by Gasteiger charge is 2.26. The van der Waals surface area contributed by atoms with Crippen LogP contribution in [-0.4, -0.2) is 16.9 Å². The van der Waals surface area contributed by atoms with Crippen LogP contribution in [0.2, 0.25) is 0 Å². The monoisotopic (exact) mass is 196 g/mol. The fraction of sp³-hybridized carbons (Fsp3) is 0.636. The van der Waals surface area contributed by atoms with E-state index in [-0.39, 0.29) is 24.0 Å². The van der Waals surface area contributed by atoms with Gasteiger partial charge in [-0.3, -0.25) is 9.59 Å². The molecule has 2 unspecified atom stereocenters. The van der Waals surface area contributed by atoms with Crippen molar-refractivity contribution in [3.63, 3.8) is 0 Å². The summed E-state index contributed by atoms with van der Waals surface area (Å²) in [6, 6.07) is 0. The minimum atomic E-state index is -0.738. The zero-order valence-corrected chi connectivity index (χ0v) is 8.40. The summed E-state index contributed by atoms with van der Waals surface area (Å²) in [7, 11) is 0. The second-order valence-corrected chi connectivity index (χ2v) is 3.92. The number of ketones is 1. The normalized spacial score (nSPS) is 26.9. The van der Waals surface area contributed by atoms with Crippen LogP contribution >= 0.6 is 0 Å². The van der Waals surface area contributed by atoms with Crippen LogP contribution in [0, 0.1) is 11.8 Å². The number of carbonyl (C=O) groups excluding carboxylic acids is 1. The van der Waals surface area contributed by atoms with E-state index >= 15 is 0 Å². The van der Waals surface area contributed by atoms with Crippen molar-refractivity contribution < 1.29 is 14.7 Å². The second-order valence-electron chi connectivity index (χ2n) is 3.92. The van der Waals surface area contributed by atoms with Gasteiger partial charge >= 0.3 is 5.97 Å². The van der Waals surface area contributed by atoms with Crippen LogP contribution < -0.4 is 0 Å². The van der Waals surface area contributed by atoms with Crippen LogP contribution in [0.5, 0.6) is 0 Å². The third kappa shape index (κ3) is 3.32. The molecule has 1 rings (SSSR count). The first-order valence-corrected chi connectivity index (χ1v) is 5.00. The van der Waals surface area contributed by atoms with E-state index in [0.717, 1.165) is 19.3 Å². The lowest BCUT2D eigenvalue weighted by atomic mass is 9.92. The molecule has 2 atom stereocenters. The summed E-state index contributed by atoms with van der Waals surface area (Å²) in [5.74, 6) is -0.192. The van der Waals surface area contributed by atoms with Crippen LogP contribution in [0.4, 0.5) is 0 Å². The van der Waals surface area contributed by atoms with E-state index in [4.69, 9.17) is 5.11 Å². The number of carboxylic acids is 1. The number of allylic oxidation sites excluding steroid dienone is 2. The van der Waals surface area contributed by atoms with E-state index in [1.54, 1.807) is 6.08 Å². The highest BCUT2D eigenvalue weighted by atomic mass is 16.4. The van der Waals surface area contributed by atoms with Gasteiger partial charge in [-0.25, -0.2) is 0 Å². The minimum Gasteiger partial charge on any atom is -0.481 e. The van der Waals surface area contributed by atoms with Gasteiger partial charge in [-0.2, -0.15) is 0 Å². The molecule has 0 spiro atoms. The molecule has 3 nitrogen and oxygen atoms in total. The molecule has 0 amide bonds. The largest absolute Gasteiger partial charge is 0.481 e. The number of rotatable bonds is 4. The van der Waals surface area contributed by atoms with Gasteiger partial charge in [0.1, 0.15) is 0 Å². The van der Waals surface area contributed by atoms with Crippen LogP contribution in [0.3, 0.4) is 0 Å². The number of aliphatic carboxylic acids is 1. The summed E-state index contributed by atoms with van der Waals surface area (Å²) < 4.78 is 0. The van der Waals surface area contributed by atoms with Crippen molar-refractivity contribution in [2.75, 3.05) is 0 Å². The van der Waals surface area contributed by atoms with E-state index in [1.807, 2.05) is 6.08 Å². The van der Waals surface area contributed by atoms with Crippen molar-refractivity contribution in [1.82, 2.24) is 0 Å². The lowest BCUT2D eigenvalue weighted by molar-refractivity contribution is -0.138. The average Bonchev–Trinajstić information content (AvgIpc) is 2.47. The molecule has 1 aliphatic carbocycles. The molecule has 14 heavy (non-hydrogen) atoms. The van der Waals surface area contributed by atoms with Crippen molar-refractivity contribution in [2.24, 2.45) is 11.8 Å². The van der Waals surface area contributed by atoms with Gasteiger partial charge in [0.05, 0.1) is 0 Å². The number of carboxylic acid groups (broad SMARTS) is 1. The summed E-state index contributed by atoms with van der Waals surface area (Å²) in [5.41, 5.74) is 0. The molecule has 1 N–H and O–H groups in total. The molecule has 0 bridgehead atoms.